The van der Waals surface area contributed by atoms with Crippen LogP contribution in [0.15, 0.2) is 29.3 Å². The van der Waals surface area contributed by atoms with Crippen molar-refractivity contribution >= 4 is 41.5 Å². The topological polar surface area (TPSA) is 56.7 Å². The maximum absolute atomic E-state index is 12.0. The van der Waals surface area contributed by atoms with Crippen LogP contribution in [0.3, 0.4) is 0 Å². The second-order valence-corrected chi connectivity index (χ2v) is 5.80. The number of carbonyl (C=O) groups excluding carboxylic acids is 1. The summed E-state index contributed by atoms with van der Waals surface area (Å²) >= 11 is 0. The molecule has 0 bridgehead atoms. The number of nitrogens with zero attached hydrogens (tertiary/aromatic N) is 2. The maximum atomic E-state index is 12.0. The molecule has 6 heteroatoms. The lowest BCUT2D eigenvalue weighted by Crippen LogP contribution is -2.35. The van der Waals surface area contributed by atoms with E-state index in [2.05, 4.69) is 26.6 Å². The molecule has 3 rings (SSSR count). The predicted octanol–water partition coefficient (Wildman–Crippen LogP) is 2.43. The molecule has 0 unspecified atom stereocenters. The van der Waals surface area contributed by atoms with Gasteiger partial charge in [-0.25, -0.2) is 0 Å². The van der Waals surface area contributed by atoms with Gasteiger partial charge in [0.15, 0.2) is 5.96 Å². The van der Waals surface area contributed by atoms with E-state index in [9.17, 15) is 4.79 Å². The Labute approximate surface area is 148 Å². The number of carbonyl (C=O) groups is 1. The average molecular weight is 414 g/mol. The van der Waals surface area contributed by atoms with Gasteiger partial charge in [0.2, 0.25) is 5.91 Å². The zero-order valence-corrected chi connectivity index (χ0v) is 15.2. The molecule has 1 heterocycles. The average Bonchev–Trinajstić information content (AvgIpc) is 2.80. The molecule has 0 saturated heterocycles. The first-order valence-corrected chi connectivity index (χ1v) is 7.61. The van der Waals surface area contributed by atoms with Crippen LogP contribution in [0.5, 0.6) is 0 Å². The van der Waals surface area contributed by atoms with Gasteiger partial charge in [0.1, 0.15) is 0 Å². The fraction of sp³-hybridized carbons (Fsp3) is 0.500. The second-order valence-electron chi connectivity index (χ2n) is 5.80. The highest BCUT2D eigenvalue weighted by molar-refractivity contribution is 14.0. The first-order chi connectivity index (χ1) is 10.2. The van der Waals surface area contributed by atoms with Gasteiger partial charge in [-0.3, -0.25) is 9.79 Å². The molecular weight excluding hydrogens is 391 g/mol. The Kier molecular flexibility index (Phi) is 6.05. The molecule has 0 radical (unpaired) electrons. The van der Waals surface area contributed by atoms with E-state index in [4.69, 9.17) is 0 Å². The molecule has 1 amide bonds. The van der Waals surface area contributed by atoms with Gasteiger partial charge in [0.05, 0.1) is 6.54 Å². The lowest BCUT2D eigenvalue weighted by Gasteiger charge is -2.24. The van der Waals surface area contributed by atoms with Crippen LogP contribution in [-0.4, -0.2) is 36.9 Å². The molecule has 2 N–H and O–H groups in total. The summed E-state index contributed by atoms with van der Waals surface area (Å²) in [6.07, 6.45) is 3.23. The quantitative estimate of drug-likeness (QED) is 0.745. The molecule has 1 aliphatic carbocycles. The zero-order valence-electron chi connectivity index (χ0n) is 12.8. The number of benzene rings is 1. The van der Waals surface area contributed by atoms with E-state index < -0.39 is 0 Å². The Balaban J connectivity index is 0.00000176. The van der Waals surface area contributed by atoms with Crippen molar-refractivity contribution in [2.75, 3.05) is 25.5 Å². The highest BCUT2D eigenvalue weighted by Gasteiger charge is 2.25. The van der Waals surface area contributed by atoms with Gasteiger partial charge < -0.3 is 15.5 Å². The second kappa shape index (κ2) is 7.80. The molecule has 120 valence electrons. The van der Waals surface area contributed by atoms with Gasteiger partial charge in [-0.1, -0.05) is 18.6 Å². The van der Waals surface area contributed by atoms with Crippen LogP contribution >= 0.6 is 24.0 Å². The Morgan fingerprint density at radius 3 is 2.86 bits per heavy atom. The molecule has 2 aliphatic rings. The van der Waals surface area contributed by atoms with Gasteiger partial charge >= 0.3 is 0 Å². The van der Waals surface area contributed by atoms with Crippen molar-refractivity contribution in [2.45, 2.75) is 25.8 Å². The number of hydrogen-bond acceptors (Lipinski definition) is 4. The minimum Gasteiger partial charge on any atom is -0.352 e. The summed E-state index contributed by atoms with van der Waals surface area (Å²) in [6, 6.07) is 8.01. The van der Waals surface area contributed by atoms with Crippen LogP contribution in [-0.2, 0) is 11.3 Å². The highest BCUT2D eigenvalue weighted by Crippen LogP contribution is 2.27. The summed E-state index contributed by atoms with van der Waals surface area (Å²) in [4.78, 5) is 18.5. The van der Waals surface area contributed by atoms with Gasteiger partial charge in [-0.05, 0) is 30.5 Å². The van der Waals surface area contributed by atoms with Crippen LogP contribution in [0.4, 0.5) is 5.69 Å². The molecule has 0 spiro atoms. The fourth-order valence-electron chi connectivity index (χ4n) is 2.58. The summed E-state index contributed by atoms with van der Waals surface area (Å²) in [5.74, 6) is 1.32. The number of nitrogens with one attached hydrogen (secondary N) is 2. The number of anilines is 1. The molecule has 1 aromatic carbocycles. The Hall–Kier alpha value is -1.31. The maximum Gasteiger partial charge on any atom is 0.227 e. The molecule has 0 atom stereocenters. The number of guanidine groups is 1. The van der Waals surface area contributed by atoms with Gasteiger partial charge in [0.25, 0.3) is 0 Å². The molecule has 1 aliphatic heterocycles. The minimum atomic E-state index is 0. The number of likely N-dealkylation sites (N-methyl/N-ethyl adjacent to an activating group) is 1. The molecular formula is C16H23IN4O. The molecule has 0 aromatic heterocycles. The summed E-state index contributed by atoms with van der Waals surface area (Å²) in [6.45, 7) is 2.55. The number of hydrogen-bond donors (Lipinski definition) is 2. The van der Waals surface area contributed by atoms with E-state index in [1.54, 1.807) is 0 Å². The van der Waals surface area contributed by atoms with Crippen LogP contribution < -0.4 is 10.6 Å². The van der Waals surface area contributed by atoms with E-state index in [0.717, 1.165) is 49.7 Å². The summed E-state index contributed by atoms with van der Waals surface area (Å²) in [5.41, 5.74) is 2.03. The number of halogens is 1. The normalized spacial score (nSPS) is 17.3. The fourth-order valence-corrected chi connectivity index (χ4v) is 2.58. The standard InChI is InChI=1S/C16H22N4O.HI/c1-20-9-8-17-16(20)18-11-12-4-2-7-14(10-12)19-15(21)13-5-3-6-13;/h2,4,7,10,13H,3,5-6,8-9,11H2,1H3,(H,17,18)(H,19,21);1H. The number of aliphatic imine (C=N–C) groups is 1. The van der Waals surface area contributed by atoms with Crippen molar-refractivity contribution in [2.24, 2.45) is 10.9 Å². The predicted molar refractivity (Wildman–Crippen MR) is 99.6 cm³/mol. The Morgan fingerprint density at radius 2 is 2.23 bits per heavy atom. The van der Waals surface area contributed by atoms with Crippen molar-refractivity contribution in [3.8, 4) is 0 Å². The van der Waals surface area contributed by atoms with E-state index in [-0.39, 0.29) is 35.8 Å². The van der Waals surface area contributed by atoms with Gasteiger partial charge in [-0.2, -0.15) is 0 Å². The van der Waals surface area contributed by atoms with Gasteiger partial charge in [-0.15, -0.1) is 24.0 Å². The third kappa shape index (κ3) is 4.12. The lowest BCUT2D eigenvalue weighted by molar-refractivity contribution is -0.122. The van der Waals surface area contributed by atoms with E-state index in [0.29, 0.717) is 0 Å². The van der Waals surface area contributed by atoms with Crippen LogP contribution in [0.1, 0.15) is 24.8 Å². The molecule has 5 nitrogen and oxygen atoms in total. The summed E-state index contributed by atoms with van der Waals surface area (Å²) in [5, 5.41) is 6.35. The first-order valence-electron chi connectivity index (χ1n) is 7.61. The number of rotatable bonds is 4. The van der Waals surface area contributed by atoms with Crippen molar-refractivity contribution < 1.29 is 4.79 Å². The molecule has 22 heavy (non-hydrogen) atoms. The third-order valence-electron chi connectivity index (χ3n) is 4.18. The lowest BCUT2D eigenvalue weighted by atomic mass is 9.85. The first kappa shape index (κ1) is 17.1. The molecule has 1 aromatic rings. The SMILES string of the molecule is CN1CCN=C1NCc1cccc(NC(=O)C2CCC2)c1.I. The highest BCUT2D eigenvalue weighted by atomic mass is 127. The largest absolute Gasteiger partial charge is 0.352 e. The zero-order chi connectivity index (χ0) is 14.7. The Bertz CT molecular complexity index is 557. The van der Waals surface area contributed by atoms with Crippen molar-refractivity contribution in [1.82, 2.24) is 10.2 Å². The van der Waals surface area contributed by atoms with E-state index in [1.165, 1.54) is 6.42 Å². The van der Waals surface area contributed by atoms with E-state index in [1.807, 2.05) is 25.2 Å². The van der Waals surface area contributed by atoms with Crippen LogP contribution in [0.2, 0.25) is 0 Å². The summed E-state index contributed by atoms with van der Waals surface area (Å²) < 4.78 is 0. The van der Waals surface area contributed by atoms with E-state index >= 15 is 0 Å². The summed E-state index contributed by atoms with van der Waals surface area (Å²) in [7, 11) is 2.04. The van der Waals surface area contributed by atoms with Crippen LogP contribution in [0, 0.1) is 5.92 Å². The van der Waals surface area contributed by atoms with Crippen molar-refractivity contribution in [3.63, 3.8) is 0 Å². The monoisotopic (exact) mass is 414 g/mol. The smallest absolute Gasteiger partial charge is 0.227 e. The Morgan fingerprint density at radius 1 is 1.41 bits per heavy atom. The van der Waals surface area contributed by atoms with Crippen molar-refractivity contribution in [1.29, 1.82) is 0 Å². The number of amides is 1. The van der Waals surface area contributed by atoms with Crippen molar-refractivity contribution in [3.05, 3.63) is 29.8 Å². The van der Waals surface area contributed by atoms with Crippen LogP contribution in [0.25, 0.3) is 0 Å². The van der Waals surface area contributed by atoms with Gasteiger partial charge in [0, 0.05) is 31.7 Å². The molecule has 1 fully saturated rings. The molecule has 1 saturated carbocycles. The minimum absolute atomic E-state index is 0. The third-order valence-corrected chi connectivity index (χ3v) is 4.18.